The Labute approximate surface area is 179 Å². The van der Waals surface area contributed by atoms with Crippen LogP contribution in [0, 0.1) is 11.8 Å². The topological polar surface area (TPSA) is 73.9 Å². The number of hydrogen-bond donors (Lipinski definition) is 2. The number of rotatable bonds is 5. The van der Waals surface area contributed by atoms with Gasteiger partial charge >= 0.3 is 0 Å². The third-order valence-corrected chi connectivity index (χ3v) is 6.94. The number of carbonyl (C=O) groups is 2. The molecule has 30 heavy (non-hydrogen) atoms. The lowest BCUT2D eigenvalue weighted by molar-refractivity contribution is -0.141. The number of piperidine rings is 2. The maximum absolute atomic E-state index is 12.9. The van der Waals surface area contributed by atoms with Gasteiger partial charge in [-0.05, 0) is 57.1 Å². The summed E-state index contributed by atoms with van der Waals surface area (Å²) in [7, 11) is 0. The molecule has 1 aromatic rings. The van der Waals surface area contributed by atoms with Gasteiger partial charge in [0.05, 0.1) is 5.92 Å². The van der Waals surface area contributed by atoms with E-state index in [4.69, 9.17) is 4.74 Å². The number of amides is 2. The van der Waals surface area contributed by atoms with Gasteiger partial charge in [-0.15, -0.1) is 0 Å². The fraction of sp³-hybridized carbons (Fsp3) is 0.652. The Morgan fingerprint density at radius 3 is 2.53 bits per heavy atom. The van der Waals surface area contributed by atoms with Gasteiger partial charge in [-0.3, -0.25) is 20.4 Å². The summed E-state index contributed by atoms with van der Waals surface area (Å²) in [6.45, 7) is 5.26. The maximum Gasteiger partial charge on any atom is 0.260 e. The lowest BCUT2D eigenvalue weighted by Gasteiger charge is -2.44. The van der Waals surface area contributed by atoms with Crippen molar-refractivity contribution in [1.29, 1.82) is 0 Å². The fourth-order valence-electron chi connectivity index (χ4n) is 5.15. The molecule has 2 amide bonds. The van der Waals surface area contributed by atoms with E-state index in [1.165, 1.54) is 6.42 Å². The normalized spacial score (nSPS) is 27.8. The number of likely N-dealkylation sites (tertiary alicyclic amines) is 2. The minimum absolute atomic E-state index is 0.0180. The first-order valence-electron chi connectivity index (χ1n) is 11.4. The molecule has 1 aromatic carbocycles. The number of nitrogens with one attached hydrogen (secondary N) is 2. The van der Waals surface area contributed by atoms with Crippen molar-refractivity contribution >= 4 is 11.8 Å². The van der Waals surface area contributed by atoms with Crippen molar-refractivity contribution in [2.45, 2.75) is 51.1 Å². The van der Waals surface area contributed by atoms with E-state index in [2.05, 4.69) is 22.7 Å². The van der Waals surface area contributed by atoms with Crippen molar-refractivity contribution in [2.75, 3.05) is 32.8 Å². The second kappa shape index (κ2) is 9.79. The third kappa shape index (κ3) is 4.78. The maximum atomic E-state index is 12.9. The van der Waals surface area contributed by atoms with Crippen molar-refractivity contribution < 1.29 is 14.3 Å². The standard InChI is InChI=1S/C23H34N4O3/c1-17-20(15-24-25-17)23(29)26-13-10-18(11-14-26)21-9-5-6-12-27(21)22(28)16-30-19-7-3-2-4-8-19/h2-4,7-8,17-18,20-21,24-25H,5-6,9-16H2,1H3. The molecule has 2 N–H and O–H groups in total. The second-order valence-corrected chi connectivity index (χ2v) is 8.84. The first kappa shape index (κ1) is 21.1. The molecule has 0 aliphatic carbocycles. The summed E-state index contributed by atoms with van der Waals surface area (Å²) in [4.78, 5) is 29.9. The Morgan fingerprint density at radius 2 is 1.83 bits per heavy atom. The van der Waals surface area contributed by atoms with Crippen LogP contribution in [-0.2, 0) is 9.59 Å². The highest BCUT2D eigenvalue weighted by Crippen LogP contribution is 2.31. The minimum atomic E-state index is 0.0180. The molecule has 0 spiro atoms. The number of ether oxygens (including phenoxy) is 1. The molecule has 0 bridgehead atoms. The van der Waals surface area contributed by atoms with Crippen molar-refractivity contribution in [3.63, 3.8) is 0 Å². The van der Waals surface area contributed by atoms with Gasteiger partial charge in [-0.2, -0.15) is 0 Å². The Hall–Kier alpha value is -2.12. The number of benzene rings is 1. The molecular weight excluding hydrogens is 380 g/mol. The van der Waals surface area contributed by atoms with E-state index < -0.39 is 0 Å². The van der Waals surface area contributed by atoms with Crippen LogP contribution in [0.25, 0.3) is 0 Å². The second-order valence-electron chi connectivity index (χ2n) is 8.84. The summed E-state index contributed by atoms with van der Waals surface area (Å²) in [5.74, 6) is 1.55. The Bertz CT molecular complexity index is 720. The zero-order valence-corrected chi connectivity index (χ0v) is 17.9. The predicted molar refractivity (Wildman–Crippen MR) is 115 cm³/mol. The fourth-order valence-corrected chi connectivity index (χ4v) is 5.15. The monoisotopic (exact) mass is 414 g/mol. The average Bonchev–Trinajstić information content (AvgIpc) is 3.23. The molecule has 164 valence electrons. The number of carbonyl (C=O) groups excluding carboxylic acids is 2. The van der Waals surface area contributed by atoms with E-state index >= 15 is 0 Å². The van der Waals surface area contributed by atoms with Crippen LogP contribution in [0.3, 0.4) is 0 Å². The van der Waals surface area contributed by atoms with Gasteiger partial charge in [0.2, 0.25) is 5.91 Å². The highest BCUT2D eigenvalue weighted by Gasteiger charge is 2.38. The van der Waals surface area contributed by atoms with Crippen LogP contribution >= 0.6 is 0 Å². The van der Waals surface area contributed by atoms with Crippen LogP contribution in [0.5, 0.6) is 5.75 Å². The highest BCUT2D eigenvalue weighted by atomic mass is 16.5. The molecule has 3 fully saturated rings. The summed E-state index contributed by atoms with van der Waals surface area (Å²) in [5.41, 5.74) is 6.23. The van der Waals surface area contributed by atoms with Crippen LogP contribution in [0.4, 0.5) is 0 Å². The predicted octanol–water partition coefficient (Wildman–Crippen LogP) is 1.80. The summed E-state index contributed by atoms with van der Waals surface area (Å²) >= 11 is 0. The van der Waals surface area contributed by atoms with Gasteiger partial charge in [0.15, 0.2) is 6.61 Å². The first-order valence-corrected chi connectivity index (χ1v) is 11.4. The summed E-state index contributed by atoms with van der Waals surface area (Å²) in [6, 6.07) is 9.97. The minimum Gasteiger partial charge on any atom is -0.484 e. The molecule has 3 heterocycles. The molecular formula is C23H34N4O3. The Morgan fingerprint density at radius 1 is 1.07 bits per heavy atom. The van der Waals surface area contributed by atoms with Gasteiger partial charge in [-0.25, -0.2) is 0 Å². The van der Waals surface area contributed by atoms with E-state index in [1.807, 2.05) is 35.2 Å². The third-order valence-electron chi connectivity index (χ3n) is 6.94. The lowest BCUT2D eigenvalue weighted by Crippen LogP contribution is -2.52. The largest absolute Gasteiger partial charge is 0.484 e. The first-order chi connectivity index (χ1) is 14.6. The molecule has 3 aliphatic heterocycles. The molecule has 0 aromatic heterocycles. The molecule has 7 heteroatoms. The van der Waals surface area contributed by atoms with Gasteiger partial charge < -0.3 is 14.5 Å². The number of para-hydroxylation sites is 1. The van der Waals surface area contributed by atoms with Gasteiger partial charge in [0.1, 0.15) is 5.75 Å². The van der Waals surface area contributed by atoms with Crippen molar-refractivity contribution in [1.82, 2.24) is 20.7 Å². The summed E-state index contributed by atoms with van der Waals surface area (Å²) in [5, 5.41) is 0. The van der Waals surface area contributed by atoms with E-state index in [1.54, 1.807) is 0 Å². The van der Waals surface area contributed by atoms with Crippen molar-refractivity contribution in [2.24, 2.45) is 11.8 Å². The van der Waals surface area contributed by atoms with Crippen LogP contribution in [0.1, 0.15) is 39.0 Å². The molecule has 3 unspecified atom stereocenters. The number of hydrazine groups is 1. The van der Waals surface area contributed by atoms with E-state index in [-0.39, 0.29) is 36.4 Å². The van der Waals surface area contributed by atoms with Crippen LogP contribution in [-0.4, -0.2) is 66.5 Å². The number of hydrogen-bond acceptors (Lipinski definition) is 5. The van der Waals surface area contributed by atoms with Crippen LogP contribution in [0.15, 0.2) is 30.3 Å². The molecule has 0 saturated carbocycles. The van der Waals surface area contributed by atoms with E-state index in [0.29, 0.717) is 12.5 Å². The molecule has 7 nitrogen and oxygen atoms in total. The zero-order valence-electron chi connectivity index (χ0n) is 17.9. The van der Waals surface area contributed by atoms with Crippen LogP contribution in [0.2, 0.25) is 0 Å². The zero-order chi connectivity index (χ0) is 20.9. The summed E-state index contributed by atoms with van der Waals surface area (Å²) in [6.07, 6.45) is 5.24. The average molecular weight is 415 g/mol. The Balaban J connectivity index is 1.31. The summed E-state index contributed by atoms with van der Waals surface area (Å²) < 4.78 is 5.72. The van der Waals surface area contributed by atoms with E-state index in [9.17, 15) is 9.59 Å². The number of nitrogens with zero attached hydrogens (tertiary/aromatic N) is 2. The lowest BCUT2D eigenvalue weighted by atomic mass is 9.83. The van der Waals surface area contributed by atoms with Gasteiger partial charge in [0, 0.05) is 38.3 Å². The quantitative estimate of drug-likeness (QED) is 0.769. The van der Waals surface area contributed by atoms with Crippen LogP contribution < -0.4 is 15.6 Å². The highest BCUT2D eigenvalue weighted by molar-refractivity contribution is 5.80. The Kier molecular flexibility index (Phi) is 6.89. The van der Waals surface area contributed by atoms with E-state index in [0.717, 1.165) is 51.1 Å². The SMILES string of the molecule is CC1NNCC1C(=O)N1CCC(C2CCCCN2C(=O)COc2ccccc2)CC1. The van der Waals surface area contributed by atoms with Crippen molar-refractivity contribution in [3.05, 3.63) is 30.3 Å². The molecule has 4 rings (SSSR count). The molecule has 3 saturated heterocycles. The molecule has 3 aliphatic rings. The van der Waals surface area contributed by atoms with Gasteiger partial charge in [-0.1, -0.05) is 18.2 Å². The van der Waals surface area contributed by atoms with Gasteiger partial charge in [0.25, 0.3) is 5.91 Å². The molecule has 0 radical (unpaired) electrons. The smallest absolute Gasteiger partial charge is 0.260 e. The molecule has 3 atom stereocenters. The van der Waals surface area contributed by atoms with Crippen molar-refractivity contribution in [3.8, 4) is 5.75 Å².